The summed E-state index contributed by atoms with van der Waals surface area (Å²) in [5.74, 6) is -0.409. The molecule has 3 aromatic rings. The Hall–Kier alpha value is -3.85. The maximum atomic E-state index is 14.2. The molecule has 2 amide bonds. The second kappa shape index (κ2) is 15.2. The Labute approximate surface area is 244 Å². The highest BCUT2D eigenvalue weighted by atomic mass is 32.2. The number of amides is 2. The van der Waals surface area contributed by atoms with Crippen LogP contribution in [0.25, 0.3) is 0 Å². The van der Waals surface area contributed by atoms with Crippen molar-refractivity contribution < 1.29 is 22.7 Å². The van der Waals surface area contributed by atoms with Crippen molar-refractivity contribution in [3.8, 4) is 5.75 Å². The third kappa shape index (κ3) is 9.35. The Morgan fingerprint density at radius 3 is 2.20 bits per heavy atom. The number of rotatable bonds is 15. The molecule has 0 fully saturated rings. The summed E-state index contributed by atoms with van der Waals surface area (Å²) in [4.78, 5) is 29.3. The highest BCUT2D eigenvalue weighted by Crippen LogP contribution is 2.30. The van der Waals surface area contributed by atoms with Gasteiger partial charge in [0.05, 0.1) is 18.6 Å². The molecule has 0 aliphatic rings. The first kappa shape index (κ1) is 31.7. The molecule has 1 N–H and O–H groups in total. The minimum atomic E-state index is -3.88. The number of aryl methyl sites for hydroxylation is 1. The molecule has 0 radical (unpaired) electrons. The third-order valence-electron chi connectivity index (χ3n) is 6.69. The van der Waals surface area contributed by atoms with Gasteiger partial charge >= 0.3 is 0 Å². The Kier molecular flexibility index (Phi) is 11.8. The molecule has 9 heteroatoms. The molecule has 3 rings (SSSR count). The number of carbonyl (C=O) groups is 2. The van der Waals surface area contributed by atoms with E-state index in [2.05, 4.69) is 5.32 Å². The first-order chi connectivity index (χ1) is 19.6. The van der Waals surface area contributed by atoms with Gasteiger partial charge < -0.3 is 15.0 Å². The summed E-state index contributed by atoms with van der Waals surface area (Å²) in [6, 6.07) is 23.1. The number of nitrogens with zero attached hydrogens (tertiary/aromatic N) is 2. The molecule has 0 bridgehead atoms. The fourth-order valence-corrected chi connectivity index (χ4v) is 5.34. The zero-order chi connectivity index (χ0) is 29.8. The van der Waals surface area contributed by atoms with E-state index in [9.17, 15) is 18.0 Å². The number of anilines is 1. The van der Waals surface area contributed by atoms with Crippen LogP contribution in [0.15, 0.2) is 78.9 Å². The van der Waals surface area contributed by atoms with Crippen molar-refractivity contribution in [2.45, 2.75) is 52.6 Å². The Bertz CT molecular complexity index is 1380. The van der Waals surface area contributed by atoms with Gasteiger partial charge in [0.15, 0.2) is 0 Å². The van der Waals surface area contributed by atoms with E-state index in [1.165, 1.54) is 4.90 Å². The van der Waals surface area contributed by atoms with Crippen molar-refractivity contribution in [1.82, 2.24) is 10.2 Å². The molecule has 0 unspecified atom stereocenters. The van der Waals surface area contributed by atoms with Gasteiger partial charge in [-0.2, -0.15) is 0 Å². The van der Waals surface area contributed by atoms with Gasteiger partial charge in [0.25, 0.3) is 0 Å². The molecule has 3 aromatic carbocycles. The van der Waals surface area contributed by atoms with Crippen LogP contribution in [0.2, 0.25) is 0 Å². The Balaban J connectivity index is 2.05. The number of hydrogen-bond donors (Lipinski definition) is 1. The highest BCUT2D eigenvalue weighted by molar-refractivity contribution is 7.92. The number of unbranched alkanes of at least 4 members (excludes halogenated alkanes) is 1. The van der Waals surface area contributed by atoms with Gasteiger partial charge in [0, 0.05) is 19.5 Å². The quantitative estimate of drug-likeness (QED) is 0.263. The van der Waals surface area contributed by atoms with E-state index in [1.807, 2.05) is 68.4 Å². The monoisotopic (exact) mass is 579 g/mol. The van der Waals surface area contributed by atoms with Crippen LogP contribution in [-0.4, -0.2) is 57.1 Å². The van der Waals surface area contributed by atoms with Crippen molar-refractivity contribution in [2.75, 3.05) is 30.3 Å². The maximum absolute atomic E-state index is 14.2. The van der Waals surface area contributed by atoms with Crippen molar-refractivity contribution in [1.29, 1.82) is 0 Å². The molecule has 0 saturated carbocycles. The van der Waals surface area contributed by atoms with E-state index in [-0.39, 0.29) is 24.6 Å². The zero-order valence-electron chi connectivity index (χ0n) is 24.4. The van der Waals surface area contributed by atoms with Crippen LogP contribution >= 0.6 is 0 Å². The standard InChI is InChI=1S/C32H41N3O5S/c1-5-7-21-33-32(37)29(22-26-13-9-8-10-14-26)34(23-27-19-17-25(3)18-20-27)31(36)24-35(41(4,38)39)28-15-11-12-16-30(28)40-6-2/h8-20,29H,5-7,21-24H2,1-4H3,(H,33,37)/t29-/m1/s1. The molecule has 0 spiro atoms. The lowest BCUT2D eigenvalue weighted by Crippen LogP contribution is -2.53. The molecule has 1 atom stereocenters. The predicted molar refractivity (Wildman–Crippen MR) is 163 cm³/mol. The van der Waals surface area contributed by atoms with Crippen LogP contribution in [0.1, 0.15) is 43.4 Å². The lowest BCUT2D eigenvalue weighted by molar-refractivity contribution is -0.140. The van der Waals surface area contributed by atoms with Crippen molar-refractivity contribution >= 4 is 27.5 Å². The summed E-state index contributed by atoms with van der Waals surface area (Å²) >= 11 is 0. The highest BCUT2D eigenvalue weighted by Gasteiger charge is 2.33. The fraction of sp³-hybridized carbons (Fsp3) is 0.375. The number of para-hydroxylation sites is 2. The predicted octanol–water partition coefficient (Wildman–Crippen LogP) is 4.72. The second-order valence-corrected chi connectivity index (χ2v) is 11.9. The van der Waals surface area contributed by atoms with Gasteiger partial charge in [-0.1, -0.05) is 85.6 Å². The van der Waals surface area contributed by atoms with Crippen LogP contribution < -0.4 is 14.4 Å². The molecule has 0 aliphatic heterocycles. The maximum Gasteiger partial charge on any atom is 0.244 e. The van der Waals surface area contributed by atoms with Crippen LogP contribution in [0.3, 0.4) is 0 Å². The van der Waals surface area contributed by atoms with E-state index in [0.717, 1.165) is 40.1 Å². The summed E-state index contributed by atoms with van der Waals surface area (Å²) < 4.78 is 32.8. The topological polar surface area (TPSA) is 96.0 Å². The minimum Gasteiger partial charge on any atom is -0.492 e. The lowest BCUT2D eigenvalue weighted by Gasteiger charge is -2.33. The van der Waals surface area contributed by atoms with Crippen LogP contribution in [0.5, 0.6) is 5.75 Å². The molecule has 8 nitrogen and oxygen atoms in total. The van der Waals surface area contributed by atoms with Gasteiger partial charge in [-0.05, 0) is 43.5 Å². The van der Waals surface area contributed by atoms with Gasteiger partial charge in [0.2, 0.25) is 21.8 Å². The molecule has 41 heavy (non-hydrogen) atoms. The van der Waals surface area contributed by atoms with Crippen LogP contribution in [-0.2, 0) is 32.6 Å². The fourth-order valence-electron chi connectivity index (χ4n) is 4.49. The third-order valence-corrected chi connectivity index (χ3v) is 7.81. The summed E-state index contributed by atoms with van der Waals surface area (Å²) in [7, 11) is -3.88. The van der Waals surface area contributed by atoms with Crippen molar-refractivity contribution in [2.24, 2.45) is 0 Å². The lowest BCUT2D eigenvalue weighted by atomic mass is 10.0. The summed E-state index contributed by atoms with van der Waals surface area (Å²) in [6.07, 6.45) is 3.07. The van der Waals surface area contributed by atoms with Gasteiger partial charge in [0.1, 0.15) is 18.3 Å². The average molecular weight is 580 g/mol. The molecule has 0 saturated heterocycles. The molecular weight excluding hydrogens is 538 g/mol. The first-order valence-corrected chi connectivity index (χ1v) is 15.8. The van der Waals surface area contributed by atoms with E-state index in [0.29, 0.717) is 18.9 Å². The molecule has 0 heterocycles. The Morgan fingerprint density at radius 1 is 0.902 bits per heavy atom. The summed E-state index contributed by atoms with van der Waals surface area (Å²) in [5.41, 5.74) is 3.07. The SMILES string of the molecule is CCCCNC(=O)[C@@H](Cc1ccccc1)N(Cc1ccc(C)cc1)C(=O)CN(c1ccccc1OCC)S(C)(=O)=O. The van der Waals surface area contributed by atoms with Gasteiger partial charge in [-0.25, -0.2) is 8.42 Å². The molecular formula is C32H41N3O5S. The normalized spacial score (nSPS) is 11.9. The van der Waals surface area contributed by atoms with E-state index < -0.39 is 28.5 Å². The number of ether oxygens (including phenoxy) is 1. The molecule has 0 aliphatic carbocycles. The van der Waals surface area contributed by atoms with Crippen LogP contribution in [0, 0.1) is 6.92 Å². The second-order valence-electron chi connectivity index (χ2n) is 10.0. The minimum absolute atomic E-state index is 0.141. The molecule has 0 aromatic heterocycles. The van der Waals surface area contributed by atoms with Crippen LogP contribution in [0.4, 0.5) is 5.69 Å². The number of hydrogen-bond acceptors (Lipinski definition) is 5. The van der Waals surface area contributed by atoms with Crippen molar-refractivity contribution in [3.63, 3.8) is 0 Å². The van der Waals surface area contributed by atoms with Gasteiger partial charge in [-0.15, -0.1) is 0 Å². The number of nitrogens with one attached hydrogen (secondary N) is 1. The van der Waals surface area contributed by atoms with E-state index in [4.69, 9.17) is 4.74 Å². The molecule has 220 valence electrons. The smallest absolute Gasteiger partial charge is 0.244 e. The summed E-state index contributed by atoms with van der Waals surface area (Å²) in [5, 5.41) is 2.99. The Morgan fingerprint density at radius 2 is 1.56 bits per heavy atom. The van der Waals surface area contributed by atoms with E-state index in [1.54, 1.807) is 31.2 Å². The number of benzene rings is 3. The largest absolute Gasteiger partial charge is 0.492 e. The van der Waals surface area contributed by atoms with E-state index >= 15 is 0 Å². The average Bonchev–Trinajstić information content (AvgIpc) is 2.95. The number of sulfonamides is 1. The number of carbonyl (C=O) groups excluding carboxylic acids is 2. The zero-order valence-corrected chi connectivity index (χ0v) is 25.2. The van der Waals surface area contributed by atoms with Gasteiger partial charge in [-0.3, -0.25) is 13.9 Å². The first-order valence-electron chi connectivity index (χ1n) is 14.0. The summed E-state index contributed by atoms with van der Waals surface area (Å²) in [6.45, 7) is 6.31. The van der Waals surface area contributed by atoms with Crippen molar-refractivity contribution in [3.05, 3.63) is 95.6 Å².